The number of nitrogens with one attached hydrogen (secondary N) is 1. The van der Waals surface area contributed by atoms with Crippen LogP contribution < -0.4 is 11.5 Å². The van der Waals surface area contributed by atoms with Crippen molar-refractivity contribution in [2.75, 3.05) is 12.3 Å². The third-order valence-corrected chi connectivity index (χ3v) is 3.01. The first kappa shape index (κ1) is 15.5. The highest BCUT2D eigenvalue weighted by Crippen LogP contribution is 2.15. The number of rotatable bonds is 1. The van der Waals surface area contributed by atoms with Crippen molar-refractivity contribution in [2.45, 2.75) is 31.5 Å². The molecule has 116 valence electrons. The molecule has 3 rings (SSSR count). The molecule has 10 nitrogen and oxygen atoms in total. The first-order valence-corrected chi connectivity index (χ1v) is 6.24. The zero-order chi connectivity index (χ0) is 15.6. The van der Waals surface area contributed by atoms with Gasteiger partial charge in [0.05, 0.1) is 18.6 Å². The van der Waals surface area contributed by atoms with Gasteiger partial charge in [0.2, 0.25) is 5.95 Å². The summed E-state index contributed by atoms with van der Waals surface area (Å²) in [5.74, 6) is 0.266. The number of ether oxygens (including phenoxy) is 1. The number of aliphatic hydroxyl groups is 3. The zero-order valence-electron chi connectivity index (χ0n) is 11.3. The van der Waals surface area contributed by atoms with E-state index < -0.39 is 24.5 Å². The first-order valence-electron chi connectivity index (χ1n) is 6.24. The number of H-pyrrole nitrogens is 1. The number of aryl methyl sites for hydroxylation is 1. The fraction of sp³-hybridized carbons (Fsp3) is 0.545. The van der Waals surface area contributed by atoms with Gasteiger partial charge in [-0.05, 0) is 6.92 Å². The van der Waals surface area contributed by atoms with Gasteiger partial charge in [-0.2, -0.15) is 4.98 Å². The van der Waals surface area contributed by atoms with Crippen LogP contribution in [0.4, 0.5) is 5.95 Å². The van der Waals surface area contributed by atoms with E-state index in [1.54, 1.807) is 6.33 Å². The number of hydrogen-bond donors (Lipinski definition) is 6. The molecule has 10 heteroatoms. The van der Waals surface area contributed by atoms with E-state index in [1.165, 1.54) is 0 Å². The lowest BCUT2D eigenvalue weighted by molar-refractivity contribution is -0.0477. The molecular formula is C11H18N6O4. The summed E-state index contributed by atoms with van der Waals surface area (Å²) in [6, 6.07) is 0. The number of nitrogen functional groups attached to an aromatic ring is 1. The number of nitrogens with two attached hydrogens (primary N) is 2. The van der Waals surface area contributed by atoms with E-state index in [9.17, 15) is 0 Å². The summed E-state index contributed by atoms with van der Waals surface area (Å²) in [5, 5.41) is 26.6. The summed E-state index contributed by atoms with van der Waals surface area (Å²) in [4.78, 5) is 14.8. The topological polar surface area (TPSA) is 176 Å². The van der Waals surface area contributed by atoms with E-state index in [0.717, 1.165) is 11.2 Å². The van der Waals surface area contributed by atoms with Crippen molar-refractivity contribution in [3.8, 4) is 0 Å². The molecule has 4 atom stereocenters. The van der Waals surface area contributed by atoms with Gasteiger partial charge in [-0.25, -0.2) is 9.97 Å². The molecule has 0 aliphatic carbocycles. The Bertz CT molecular complexity index is 603. The number of imidazole rings is 1. The van der Waals surface area contributed by atoms with Crippen LogP contribution in [0.2, 0.25) is 0 Å². The quantitative estimate of drug-likeness (QED) is 0.314. The summed E-state index contributed by atoms with van der Waals surface area (Å²) >= 11 is 0. The standard InChI is InChI=1S/C6H7N5.C5H11NO4/c1-3-4-5(9-2-8-4)11-6(7)10-3;6-5(9)4-3(8)2(7)1-10-4/h2H,1H3,(H3,7,8,9,10,11);2-5,7-9H,1,6H2/t;2-,3-,4-,5?/m.0/s1. The molecule has 0 aromatic carbocycles. The lowest BCUT2D eigenvalue weighted by atomic mass is 10.1. The molecule has 0 bridgehead atoms. The molecule has 1 fully saturated rings. The van der Waals surface area contributed by atoms with Gasteiger partial charge in [0.25, 0.3) is 0 Å². The summed E-state index contributed by atoms with van der Waals surface area (Å²) in [6.45, 7) is 1.89. The minimum Gasteiger partial charge on any atom is -0.388 e. The van der Waals surface area contributed by atoms with Crippen LogP contribution in [-0.2, 0) is 4.74 Å². The number of hydrogen-bond acceptors (Lipinski definition) is 9. The summed E-state index contributed by atoms with van der Waals surface area (Å²) < 4.78 is 4.76. The molecule has 21 heavy (non-hydrogen) atoms. The van der Waals surface area contributed by atoms with Gasteiger partial charge in [0, 0.05) is 0 Å². The molecule has 0 spiro atoms. The van der Waals surface area contributed by atoms with Crippen LogP contribution in [0.25, 0.3) is 11.2 Å². The van der Waals surface area contributed by atoms with Gasteiger partial charge in [0.15, 0.2) is 5.65 Å². The highest BCUT2D eigenvalue weighted by molar-refractivity contribution is 5.73. The van der Waals surface area contributed by atoms with E-state index in [1.807, 2.05) is 6.92 Å². The highest BCUT2D eigenvalue weighted by Gasteiger charge is 2.37. The second-order valence-electron chi connectivity index (χ2n) is 4.61. The predicted octanol–water partition coefficient (Wildman–Crippen LogP) is -2.37. The molecule has 2 aromatic rings. The largest absolute Gasteiger partial charge is 0.388 e. The maximum absolute atomic E-state index is 9.01. The van der Waals surface area contributed by atoms with Crippen molar-refractivity contribution >= 4 is 17.1 Å². The van der Waals surface area contributed by atoms with Crippen LogP contribution in [0.15, 0.2) is 6.33 Å². The van der Waals surface area contributed by atoms with Crippen LogP contribution in [0, 0.1) is 6.92 Å². The fourth-order valence-electron chi connectivity index (χ4n) is 1.93. The minimum atomic E-state index is -1.23. The monoisotopic (exact) mass is 298 g/mol. The molecule has 1 aliphatic rings. The average Bonchev–Trinajstić information content (AvgIpc) is 2.98. The van der Waals surface area contributed by atoms with Crippen molar-refractivity contribution in [1.29, 1.82) is 0 Å². The van der Waals surface area contributed by atoms with Crippen LogP contribution in [0.1, 0.15) is 5.69 Å². The Labute approximate surface area is 119 Å². The highest BCUT2D eigenvalue weighted by atomic mass is 16.5. The number of fused-ring (bicyclic) bond motifs is 1. The Morgan fingerprint density at radius 2 is 2.14 bits per heavy atom. The Balaban J connectivity index is 0.000000155. The molecule has 1 unspecified atom stereocenters. The third-order valence-electron chi connectivity index (χ3n) is 3.01. The maximum atomic E-state index is 9.01. The predicted molar refractivity (Wildman–Crippen MR) is 72.8 cm³/mol. The molecule has 1 saturated heterocycles. The van der Waals surface area contributed by atoms with Gasteiger partial charge in [0.1, 0.15) is 30.1 Å². The SMILES string of the molecule is Cc1nc(N)nc2nc[nH]c12.NC(O)[C@H]1OC[C@H](O)[C@@H]1O. The van der Waals surface area contributed by atoms with Gasteiger partial charge in [-0.3, -0.25) is 0 Å². The maximum Gasteiger partial charge on any atom is 0.222 e. The second-order valence-corrected chi connectivity index (χ2v) is 4.61. The summed E-state index contributed by atoms with van der Waals surface area (Å²) in [6.07, 6.45) is -2.50. The van der Waals surface area contributed by atoms with Crippen LogP contribution in [-0.4, -0.2) is 66.4 Å². The summed E-state index contributed by atoms with van der Waals surface area (Å²) in [5.41, 5.74) is 12.7. The molecule has 0 radical (unpaired) electrons. The normalized spacial score (nSPS) is 26.4. The van der Waals surface area contributed by atoms with Crippen molar-refractivity contribution in [3.05, 3.63) is 12.0 Å². The Morgan fingerprint density at radius 3 is 2.67 bits per heavy atom. The molecule has 8 N–H and O–H groups in total. The fourth-order valence-corrected chi connectivity index (χ4v) is 1.93. The van der Waals surface area contributed by atoms with Crippen LogP contribution in [0.3, 0.4) is 0 Å². The molecule has 0 amide bonds. The Morgan fingerprint density at radius 1 is 1.43 bits per heavy atom. The average molecular weight is 298 g/mol. The first-order chi connectivity index (χ1) is 9.90. The minimum absolute atomic E-state index is 0.0279. The van der Waals surface area contributed by atoms with E-state index in [0.29, 0.717) is 5.65 Å². The number of aliphatic hydroxyl groups excluding tert-OH is 3. The van der Waals surface area contributed by atoms with Crippen molar-refractivity contribution in [2.24, 2.45) is 5.73 Å². The van der Waals surface area contributed by atoms with Crippen molar-refractivity contribution in [3.63, 3.8) is 0 Å². The van der Waals surface area contributed by atoms with Crippen LogP contribution >= 0.6 is 0 Å². The molecular weight excluding hydrogens is 280 g/mol. The van der Waals surface area contributed by atoms with Gasteiger partial charge in [-0.15, -0.1) is 0 Å². The molecule has 3 heterocycles. The number of aromatic amines is 1. The van der Waals surface area contributed by atoms with E-state index >= 15 is 0 Å². The number of nitrogens with zero attached hydrogens (tertiary/aromatic N) is 3. The summed E-state index contributed by atoms with van der Waals surface area (Å²) in [7, 11) is 0. The number of anilines is 1. The van der Waals surface area contributed by atoms with Gasteiger partial charge < -0.3 is 36.5 Å². The number of aromatic nitrogens is 4. The lowest BCUT2D eigenvalue weighted by Gasteiger charge is -2.16. The van der Waals surface area contributed by atoms with Gasteiger partial charge >= 0.3 is 0 Å². The lowest BCUT2D eigenvalue weighted by Crippen LogP contribution is -2.43. The van der Waals surface area contributed by atoms with Gasteiger partial charge in [-0.1, -0.05) is 0 Å². The smallest absolute Gasteiger partial charge is 0.222 e. The zero-order valence-corrected chi connectivity index (χ0v) is 11.3. The van der Waals surface area contributed by atoms with Crippen LogP contribution in [0.5, 0.6) is 0 Å². The van der Waals surface area contributed by atoms with Crippen molar-refractivity contribution < 1.29 is 20.1 Å². The molecule has 0 saturated carbocycles. The third kappa shape index (κ3) is 3.43. The molecule has 1 aliphatic heterocycles. The van der Waals surface area contributed by atoms with E-state index in [4.69, 9.17) is 31.5 Å². The Kier molecular flexibility index (Phi) is 4.65. The van der Waals surface area contributed by atoms with E-state index in [2.05, 4.69) is 19.9 Å². The van der Waals surface area contributed by atoms with Crippen molar-refractivity contribution in [1.82, 2.24) is 19.9 Å². The van der Waals surface area contributed by atoms with E-state index in [-0.39, 0.29) is 12.6 Å². The Hall–Kier alpha value is -1.85. The second kappa shape index (κ2) is 6.28. The molecule has 2 aromatic heterocycles.